The second-order valence-electron chi connectivity index (χ2n) is 4.40. The molecule has 0 unspecified atom stereocenters. The molecule has 1 heterocycles. The van der Waals surface area contributed by atoms with Crippen LogP contribution >= 0.6 is 11.8 Å². The van der Waals surface area contributed by atoms with Crippen LogP contribution in [0.1, 0.15) is 21.6 Å². The summed E-state index contributed by atoms with van der Waals surface area (Å²) in [5, 5.41) is 9.62. The number of aromatic carboxylic acids is 1. The summed E-state index contributed by atoms with van der Waals surface area (Å²) in [4.78, 5) is 15.5. The number of benzene rings is 1. The maximum atomic E-state index is 13.9. The van der Waals surface area contributed by atoms with Gasteiger partial charge in [0.25, 0.3) is 0 Å². The number of hydrogen-bond donors (Lipinski definition) is 2. The second kappa shape index (κ2) is 5.50. The monoisotopic (exact) mass is 292 g/mol. The molecule has 2 rings (SSSR count). The number of aryl methyl sites for hydroxylation is 2. The molecular weight excluding hydrogens is 279 g/mol. The van der Waals surface area contributed by atoms with Gasteiger partial charge in [0.05, 0.1) is 10.5 Å². The largest absolute Gasteiger partial charge is 0.478 e. The van der Waals surface area contributed by atoms with Gasteiger partial charge in [-0.25, -0.2) is 14.2 Å². The highest BCUT2D eigenvalue weighted by Gasteiger charge is 2.14. The number of carbonyl (C=O) groups is 1. The minimum Gasteiger partial charge on any atom is -0.478 e. The minimum absolute atomic E-state index is 0.0901. The molecule has 6 heteroatoms. The van der Waals surface area contributed by atoms with Gasteiger partial charge in [-0.15, -0.1) is 0 Å². The van der Waals surface area contributed by atoms with Crippen molar-refractivity contribution in [3.63, 3.8) is 0 Å². The Morgan fingerprint density at radius 3 is 2.60 bits per heavy atom. The van der Waals surface area contributed by atoms with Gasteiger partial charge >= 0.3 is 5.97 Å². The summed E-state index contributed by atoms with van der Waals surface area (Å²) in [5.41, 5.74) is 7.11. The van der Waals surface area contributed by atoms with Gasteiger partial charge in [-0.3, -0.25) is 0 Å². The van der Waals surface area contributed by atoms with Gasteiger partial charge in [0.1, 0.15) is 10.8 Å². The molecule has 2 aromatic rings. The lowest BCUT2D eigenvalue weighted by Gasteiger charge is -2.08. The van der Waals surface area contributed by atoms with Crippen molar-refractivity contribution in [1.29, 1.82) is 0 Å². The average molecular weight is 292 g/mol. The summed E-state index contributed by atoms with van der Waals surface area (Å²) >= 11 is 1.08. The summed E-state index contributed by atoms with van der Waals surface area (Å²) in [5.74, 6) is -1.74. The van der Waals surface area contributed by atoms with Crippen LogP contribution in [0.15, 0.2) is 34.2 Å². The average Bonchev–Trinajstić information content (AvgIpc) is 2.30. The molecule has 0 aliphatic carbocycles. The van der Waals surface area contributed by atoms with Crippen LogP contribution in [0.25, 0.3) is 0 Å². The van der Waals surface area contributed by atoms with E-state index < -0.39 is 11.8 Å². The van der Waals surface area contributed by atoms with Gasteiger partial charge in [0.15, 0.2) is 0 Å². The molecule has 0 spiro atoms. The lowest BCUT2D eigenvalue weighted by molar-refractivity contribution is 0.0697. The molecule has 1 aromatic heterocycles. The standard InChI is InChI=1S/C14H13FN2O2S/c1-7-3-8(2)17-13(4-7)20-12-5-9(14(18)19)11(16)6-10(12)15/h3-6H,16H2,1-2H3,(H,18,19). The number of rotatable bonds is 3. The van der Waals surface area contributed by atoms with Gasteiger partial charge in [-0.1, -0.05) is 11.8 Å². The van der Waals surface area contributed by atoms with Crippen LogP contribution in [0.5, 0.6) is 0 Å². The lowest BCUT2D eigenvalue weighted by Crippen LogP contribution is -2.03. The quantitative estimate of drug-likeness (QED) is 0.849. The number of nitrogens with two attached hydrogens (primary N) is 1. The first-order valence-electron chi connectivity index (χ1n) is 5.82. The molecule has 3 N–H and O–H groups in total. The molecule has 0 saturated heterocycles. The maximum Gasteiger partial charge on any atom is 0.337 e. The van der Waals surface area contributed by atoms with Gasteiger partial charge < -0.3 is 10.8 Å². The van der Waals surface area contributed by atoms with Gasteiger partial charge in [-0.2, -0.15) is 0 Å². The van der Waals surface area contributed by atoms with Crippen LogP contribution in [-0.4, -0.2) is 16.1 Å². The highest BCUT2D eigenvalue weighted by atomic mass is 32.2. The summed E-state index contributed by atoms with van der Waals surface area (Å²) in [6.45, 7) is 3.76. The predicted octanol–water partition coefficient (Wildman–Crippen LogP) is 3.27. The van der Waals surface area contributed by atoms with E-state index in [1.54, 1.807) is 0 Å². The molecule has 0 saturated carbocycles. The van der Waals surface area contributed by atoms with E-state index in [0.29, 0.717) is 5.03 Å². The van der Waals surface area contributed by atoms with E-state index in [-0.39, 0.29) is 16.1 Å². The highest BCUT2D eigenvalue weighted by molar-refractivity contribution is 7.99. The molecule has 0 aliphatic rings. The first kappa shape index (κ1) is 14.3. The molecule has 20 heavy (non-hydrogen) atoms. The summed E-state index contributed by atoms with van der Waals surface area (Å²) in [7, 11) is 0. The van der Waals surface area contributed by atoms with Crippen molar-refractivity contribution in [2.75, 3.05) is 5.73 Å². The zero-order valence-corrected chi connectivity index (χ0v) is 11.8. The van der Waals surface area contributed by atoms with Crippen molar-refractivity contribution in [3.05, 3.63) is 46.9 Å². The molecule has 0 amide bonds. The third kappa shape index (κ3) is 3.08. The fourth-order valence-corrected chi connectivity index (χ4v) is 2.79. The van der Waals surface area contributed by atoms with E-state index in [1.807, 2.05) is 26.0 Å². The molecule has 1 aromatic carbocycles. The smallest absolute Gasteiger partial charge is 0.337 e. The number of aromatic nitrogens is 1. The molecule has 0 radical (unpaired) electrons. The number of nitrogens with zero attached hydrogens (tertiary/aromatic N) is 1. The Hall–Kier alpha value is -2.08. The summed E-state index contributed by atoms with van der Waals surface area (Å²) < 4.78 is 13.9. The van der Waals surface area contributed by atoms with Crippen molar-refractivity contribution in [2.24, 2.45) is 0 Å². The van der Waals surface area contributed by atoms with Gasteiger partial charge in [0, 0.05) is 11.4 Å². The molecule has 104 valence electrons. The second-order valence-corrected chi connectivity index (χ2v) is 5.46. The van der Waals surface area contributed by atoms with Gasteiger partial charge in [0.2, 0.25) is 0 Å². The van der Waals surface area contributed by atoms with E-state index in [2.05, 4.69) is 4.98 Å². The summed E-state index contributed by atoms with van der Waals surface area (Å²) in [6, 6.07) is 5.98. The Labute approximate surface area is 119 Å². The molecule has 4 nitrogen and oxygen atoms in total. The molecule has 0 atom stereocenters. The summed E-state index contributed by atoms with van der Waals surface area (Å²) in [6.07, 6.45) is 0. The molecule has 0 bridgehead atoms. The van der Waals surface area contributed by atoms with Crippen LogP contribution in [0.3, 0.4) is 0 Å². The SMILES string of the molecule is Cc1cc(C)nc(Sc2cc(C(=O)O)c(N)cc2F)c1. The lowest BCUT2D eigenvalue weighted by atomic mass is 10.2. The van der Waals surface area contributed by atoms with Crippen LogP contribution in [0.2, 0.25) is 0 Å². The fraction of sp³-hybridized carbons (Fsp3) is 0.143. The van der Waals surface area contributed by atoms with E-state index in [0.717, 1.165) is 29.1 Å². The molecule has 0 aliphatic heterocycles. The van der Waals surface area contributed by atoms with E-state index >= 15 is 0 Å². The molecule has 0 fully saturated rings. The van der Waals surface area contributed by atoms with Crippen LogP contribution in [0, 0.1) is 19.7 Å². The van der Waals surface area contributed by atoms with Crippen LogP contribution in [-0.2, 0) is 0 Å². The van der Waals surface area contributed by atoms with Crippen molar-refractivity contribution >= 4 is 23.4 Å². The zero-order chi connectivity index (χ0) is 14.9. The fourth-order valence-electron chi connectivity index (χ4n) is 1.80. The number of anilines is 1. The van der Waals surface area contributed by atoms with Crippen molar-refractivity contribution in [2.45, 2.75) is 23.8 Å². The van der Waals surface area contributed by atoms with Crippen molar-refractivity contribution < 1.29 is 14.3 Å². The topological polar surface area (TPSA) is 76.2 Å². The van der Waals surface area contributed by atoms with E-state index in [9.17, 15) is 9.18 Å². The Bertz CT molecular complexity index is 669. The number of nitrogen functional groups attached to an aromatic ring is 1. The zero-order valence-electron chi connectivity index (χ0n) is 11.0. The van der Waals surface area contributed by atoms with Crippen LogP contribution in [0.4, 0.5) is 10.1 Å². The highest BCUT2D eigenvalue weighted by Crippen LogP contribution is 2.32. The predicted molar refractivity (Wildman–Crippen MR) is 75.6 cm³/mol. The Kier molecular flexibility index (Phi) is 3.94. The first-order chi connectivity index (χ1) is 9.36. The minimum atomic E-state index is -1.18. The number of carboxylic acids is 1. The number of halogens is 1. The Morgan fingerprint density at radius 2 is 2.00 bits per heavy atom. The normalized spacial score (nSPS) is 10.6. The first-order valence-corrected chi connectivity index (χ1v) is 6.64. The Morgan fingerprint density at radius 1 is 1.30 bits per heavy atom. The third-order valence-electron chi connectivity index (χ3n) is 2.62. The van der Waals surface area contributed by atoms with E-state index in [1.165, 1.54) is 6.07 Å². The number of pyridine rings is 1. The third-order valence-corrected chi connectivity index (χ3v) is 3.57. The van der Waals surface area contributed by atoms with E-state index in [4.69, 9.17) is 10.8 Å². The van der Waals surface area contributed by atoms with Crippen LogP contribution < -0.4 is 5.73 Å². The van der Waals surface area contributed by atoms with Crippen molar-refractivity contribution in [3.8, 4) is 0 Å². The Balaban J connectivity index is 2.42. The number of hydrogen-bond acceptors (Lipinski definition) is 4. The van der Waals surface area contributed by atoms with Gasteiger partial charge in [-0.05, 0) is 43.7 Å². The maximum absolute atomic E-state index is 13.9. The van der Waals surface area contributed by atoms with Crippen molar-refractivity contribution in [1.82, 2.24) is 4.98 Å². The number of carboxylic acid groups (broad SMARTS) is 1. The molecular formula is C14H13FN2O2S.